The second-order valence-corrected chi connectivity index (χ2v) is 4.73. The molecule has 1 heterocycles. The molecule has 25 heavy (non-hydrogen) atoms. The molecular formula is C15H13N5O5. The normalized spacial score (nSPS) is 10.7. The largest absolute Gasteiger partial charge is 0.494 e. The molecule has 10 heteroatoms. The fourth-order valence-electron chi connectivity index (χ4n) is 1.82. The van der Waals surface area contributed by atoms with Crippen LogP contribution in [0.1, 0.15) is 5.76 Å². The number of anilines is 2. The van der Waals surface area contributed by atoms with Gasteiger partial charge in [-0.1, -0.05) is 5.16 Å². The fraction of sp³-hybridized carbons (Fsp3) is 0.133. The van der Waals surface area contributed by atoms with Gasteiger partial charge in [-0.15, -0.1) is 0 Å². The molecule has 0 unspecified atom stereocenters. The molecule has 2 rings (SSSR count). The molecule has 1 amide bonds. The van der Waals surface area contributed by atoms with E-state index in [1.807, 2.05) is 0 Å². The minimum Gasteiger partial charge on any atom is -0.494 e. The summed E-state index contributed by atoms with van der Waals surface area (Å²) in [6.07, 6.45) is 1.17. The third-order valence-electron chi connectivity index (χ3n) is 3.00. The zero-order chi connectivity index (χ0) is 18.4. The molecule has 128 valence electrons. The number of nitrogens with zero attached hydrogens (tertiary/aromatic N) is 3. The number of benzene rings is 1. The first-order valence-corrected chi connectivity index (χ1v) is 6.88. The SMILES string of the molecule is COc1cc([N+](=O)[O-])ccc1NC(=O)/C(C#N)=C\Nc1cc(C)on1. The maximum Gasteiger partial charge on any atom is 0.273 e. The molecule has 0 spiro atoms. The first-order valence-electron chi connectivity index (χ1n) is 6.88. The molecule has 0 bridgehead atoms. The Morgan fingerprint density at radius 1 is 1.48 bits per heavy atom. The summed E-state index contributed by atoms with van der Waals surface area (Å²) >= 11 is 0. The molecule has 0 aliphatic heterocycles. The van der Waals surface area contributed by atoms with Gasteiger partial charge in [-0.05, 0) is 13.0 Å². The highest BCUT2D eigenvalue weighted by molar-refractivity contribution is 6.07. The van der Waals surface area contributed by atoms with Gasteiger partial charge in [-0.25, -0.2) is 0 Å². The minimum absolute atomic E-state index is 0.0972. The number of nitro benzene ring substituents is 1. The van der Waals surface area contributed by atoms with E-state index in [0.29, 0.717) is 11.6 Å². The van der Waals surface area contributed by atoms with Crippen molar-refractivity contribution in [2.24, 2.45) is 0 Å². The van der Waals surface area contributed by atoms with Crippen LogP contribution in [0, 0.1) is 28.4 Å². The Hall–Kier alpha value is -3.87. The summed E-state index contributed by atoms with van der Waals surface area (Å²) in [5, 5.41) is 28.7. The average molecular weight is 343 g/mol. The smallest absolute Gasteiger partial charge is 0.273 e. The monoisotopic (exact) mass is 343 g/mol. The van der Waals surface area contributed by atoms with Gasteiger partial charge in [-0.3, -0.25) is 14.9 Å². The Bertz CT molecular complexity index is 881. The number of rotatable bonds is 6. The maximum atomic E-state index is 12.2. The quantitative estimate of drug-likeness (QED) is 0.352. The lowest BCUT2D eigenvalue weighted by Gasteiger charge is -2.09. The lowest BCUT2D eigenvalue weighted by atomic mass is 10.2. The molecule has 2 aromatic rings. The van der Waals surface area contributed by atoms with Crippen molar-refractivity contribution >= 4 is 23.1 Å². The first-order chi connectivity index (χ1) is 11.9. The fourth-order valence-corrected chi connectivity index (χ4v) is 1.82. The summed E-state index contributed by atoms with van der Waals surface area (Å²) in [5.41, 5.74) is -0.230. The van der Waals surface area contributed by atoms with Gasteiger partial charge in [0.2, 0.25) is 0 Å². The van der Waals surface area contributed by atoms with Gasteiger partial charge in [0.1, 0.15) is 23.2 Å². The highest BCUT2D eigenvalue weighted by atomic mass is 16.6. The van der Waals surface area contributed by atoms with Gasteiger partial charge in [0.15, 0.2) is 5.82 Å². The predicted octanol–water partition coefficient (Wildman–Crippen LogP) is 2.36. The second-order valence-electron chi connectivity index (χ2n) is 4.73. The number of methoxy groups -OCH3 is 1. The number of aromatic nitrogens is 1. The van der Waals surface area contributed by atoms with E-state index >= 15 is 0 Å². The van der Waals surface area contributed by atoms with Crippen molar-refractivity contribution in [1.82, 2.24) is 5.16 Å². The number of hydrogen-bond donors (Lipinski definition) is 2. The van der Waals surface area contributed by atoms with Gasteiger partial charge >= 0.3 is 0 Å². The van der Waals surface area contributed by atoms with E-state index in [2.05, 4.69) is 15.8 Å². The number of non-ortho nitro benzene ring substituents is 1. The Morgan fingerprint density at radius 3 is 2.80 bits per heavy atom. The number of ether oxygens (including phenoxy) is 1. The molecule has 0 atom stereocenters. The maximum absolute atomic E-state index is 12.2. The van der Waals surface area contributed by atoms with Crippen LogP contribution in [0.15, 0.2) is 40.6 Å². The predicted molar refractivity (Wildman–Crippen MR) is 86.8 cm³/mol. The van der Waals surface area contributed by atoms with E-state index in [4.69, 9.17) is 14.5 Å². The topological polar surface area (TPSA) is 143 Å². The van der Waals surface area contributed by atoms with Crippen LogP contribution < -0.4 is 15.4 Å². The Balaban J connectivity index is 2.16. The summed E-state index contributed by atoms with van der Waals surface area (Å²) < 4.78 is 9.87. The van der Waals surface area contributed by atoms with Crippen molar-refractivity contribution in [3.8, 4) is 11.8 Å². The number of carbonyl (C=O) groups excluding carboxylic acids is 1. The van der Waals surface area contributed by atoms with Crippen LogP contribution in [-0.2, 0) is 4.79 Å². The van der Waals surface area contributed by atoms with Crippen LogP contribution in [0.25, 0.3) is 0 Å². The molecule has 2 N–H and O–H groups in total. The summed E-state index contributed by atoms with van der Waals surface area (Å²) in [6, 6.07) is 7.03. The highest BCUT2D eigenvalue weighted by Gasteiger charge is 2.16. The molecule has 0 saturated carbocycles. The standard InChI is InChI=1S/C15H13N5O5/c1-9-5-14(19-25-9)17-8-10(7-16)15(21)18-12-4-3-11(20(22)23)6-13(12)24-2/h3-6,8H,1-2H3,(H,17,19)(H,18,21)/b10-8-. The van der Waals surface area contributed by atoms with Crippen molar-refractivity contribution in [3.63, 3.8) is 0 Å². The molecule has 0 fully saturated rings. The molecule has 0 aliphatic carbocycles. The third kappa shape index (κ3) is 4.32. The van der Waals surface area contributed by atoms with E-state index < -0.39 is 10.8 Å². The zero-order valence-electron chi connectivity index (χ0n) is 13.3. The first kappa shape index (κ1) is 17.5. The second kappa shape index (κ2) is 7.60. The number of nitro groups is 1. The van der Waals surface area contributed by atoms with E-state index in [1.165, 1.54) is 31.5 Å². The van der Waals surface area contributed by atoms with E-state index in [9.17, 15) is 14.9 Å². The summed E-state index contributed by atoms with van der Waals surface area (Å²) in [4.78, 5) is 22.4. The van der Waals surface area contributed by atoms with Crippen molar-refractivity contribution in [2.45, 2.75) is 6.92 Å². The van der Waals surface area contributed by atoms with Crippen molar-refractivity contribution in [1.29, 1.82) is 5.26 Å². The number of nitriles is 1. The molecular weight excluding hydrogens is 330 g/mol. The molecule has 0 saturated heterocycles. The number of nitrogens with one attached hydrogen (secondary N) is 2. The summed E-state index contributed by atoms with van der Waals surface area (Å²) in [6.45, 7) is 1.70. The van der Waals surface area contributed by atoms with E-state index in [0.717, 1.165) is 0 Å². The highest BCUT2D eigenvalue weighted by Crippen LogP contribution is 2.29. The van der Waals surface area contributed by atoms with Gasteiger partial charge in [0, 0.05) is 18.3 Å². The van der Waals surface area contributed by atoms with Crippen LogP contribution in [0.4, 0.5) is 17.2 Å². The van der Waals surface area contributed by atoms with Gasteiger partial charge in [0.05, 0.1) is 23.8 Å². The number of hydrogen-bond acceptors (Lipinski definition) is 8. The Morgan fingerprint density at radius 2 is 2.24 bits per heavy atom. The van der Waals surface area contributed by atoms with Gasteiger partial charge in [0.25, 0.3) is 11.6 Å². The van der Waals surface area contributed by atoms with Crippen LogP contribution in [0.2, 0.25) is 0 Å². The van der Waals surface area contributed by atoms with Crippen LogP contribution in [0.5, 0.6) is 5.75 Å². The molecule has 0 aliphatic rings. The minimum atomic E-state index is -0.720. The summed E-state index contributed by atoms with van der Waals surface area (Å²) in [7, 11) is 1.31. The lowest BCUT2D eigenvalue weighted by Crippen LogP contribution is -2.15. The molecule has 10 nitrogen and oxygen atoms in total. The van der Waals surface area contributed by atoms with E-state index in [-0.39, 0.29) is 22.7 Å². The average Bonchev–Trinajstić information content (AvgIpc) is 3.01. The van der Waals surface area contributed by atoms with Crippen molar-refractivity contribution < 1.29 is 19.0 Å². The van der Waals surface area contributed by atoms with Crippen LogP contribution in [-0.4, -0.2) is 23.1 Å². The number of amides is 1. The Kier molecular flexibility index (Phi) is 5.32. The lowest BCUT2D eigenvalue weighted by molar-refractivity contribution is -0.384. The third-order valence-corrected chi connectivity index (χ3v) is 3.00. The van der Waals surface area contributed by atoms with Gasteiger partial charge < -0.3 is 19.9 Å². The zero-order valence-corrected chi connectivity index (χ0v) is 13.3. The number of carbonyl (C=O) groups is 1. The van der Waals surface area contributed by atoms with Crippen molar-refractivity contribution in [3.05, 3.63) is 51.9 Å². The molecule has 1 aromatic carbocycles. The van der Waals surface area contributed by atoms with Crippen LogP contribution in [0.3, 0.4) is 0 Å². The van der Waals surface area contributed by atoms with Crippen molar-refractivity contribution in [2.75, 3.05) is 17.7 Å². The Labute approximate surface area is 141 Å². The van der Waals surface area contributed by atoms with E-state index in [1.54, 1.807) is 19.1 Å². The van der Waals surface area contributed by atoms with Crippen LogP contribution >= 0.6 is 0 Å². The molecule has 0 radical (unpaired) electrons. The number of aryl methyl sites for hydroxylation is 1. The molecule has 1 aromatic heterocycles. The van der Waals surface area contributed by atoms with Gasteiger partial charge in [-0.2, -0.15) is 5.26 Å². The summed E-state index contributed by atoms with van der Waals surface area (Å²) in [5.74, 6) is 0.280.